The highest BCUT2D eigenvalue weighted by molar-refractivity contribution is 7.91. The highest BCUT2D eigenvalue weighted by Gasteiger charge is 2.40. The SMILES string of the molecule is CC1(C)CCC(CN2CCN(c3ccc(C(=O)NS(=O)(=O)c4ccc(NC[C@H]5CC[C@H](N6CCN(Cc7ccc8c(c7)CN(C7CCC(=O)NC7=O)C8=O)CC6)CC5)c(S(C)(=O)=O)c4)c(Oc4cnc5[nH]ccc5c4)c3)CC2)=C(c2ccc(Cl)cc2)C1. The second-order valence-electron chi connectivity index (χ2n) is 25.2. The Bertz CT molecular complexity index is 3900. The van der Waals surface area contributed by atoms with Gasteiger partial charge in [0.1, 0.15) is 23.2 Å². The molecule has 3 saturated heterocycles. The summed E-state index contributed by atoms with van der Waals surface area (Å²) >= 11 is 6.28. The minimum atomic E-state index is -4.61. The third-order valence-corrected chi connectivity index (χ3v) is 21.3. The maximum Gasteiger partial charge on any atom is 0.268 e. The molecule has 12 rings (SSSR count). The molecule has 6 aliphatic rings. The van der Waals surface area contributed by atoms with E-state index in [1.165, 1.54) is 35.0 Å². The number of hydrogen-bond acceptors (Lipinski definition) is 15. The number of piperazine rings is 2. The van der Waals surface area contributed by atoms with E-state index in [-0.39, 0.29) is 50.7 Å². The molecule has 1 saturated carbocycles. The zero-order chi connectivity index (χ0) is 60.8. The molecule has 0 radical (unpaired) electrons. The van der Waals surface area contributed by atoms with E-state index in [9.17, 15) is 36.0 Å². The summed E-state index contributed by atoms with van der Waals surface area (Å²) in [5.41, 5.74) is 8.65. The number of fused-ring (bicyclic) bond motifs is 2. The standard InChI is InChI=1S/C65H75ClN10O9S2/c1-65(2)22-20-46(55(36-65)44-7-9-48(66)10-8-44)40-73-26-30-75(31-27-73)50-13-16-54(58(34-50)85-51-33-45-21-23-67-61(45)69-38-51)62(78)71-87(83,84)52-14-17-56(59(35-52)86(3,81)82)68-37-42-4-11-49(12-5-42)74-28-24-72(25-29-74)39-43-6-15-53-47(32-43)41-76(64(53)80)57-18-19-60(77)70-63(57)79/h6-10,13-17,21,23,32-35,38,42,49,57,68H,4-5,11-12,18-20,22,24-31,36-37,39-41H2,1-3H3,(H,67,69)(H,71,78)(H,70,77,79)/t42-,49-,57?. The van der Waals surface area contributed by atoms with Gasteiger partial charge in [0.05, 0.1) is 27.2 Å². The summed E-state index contributed by atoms with van der Waals surface area (Å²) in [6.45, 7) is 13.9. The molecule has 19 nitrogen and oxygen atoms in total. The number of ether oxygens (including phenoxy) is 1. The number of sulfone groups is 1. The normalized spacial score (nSPS) is 21.7. The molecule has 4 amide bonds. The molecular weight excluding hydrogens is 1160 g/mol. The molecule has 22 heteroatoms. The number of carbonyl (C=O) groups excluding carboxylic acids is 4. The Morgan fingerprint density at radius 3 is 2.30 bits per heavy atom. The molecule has 458 valence electrons. The van der Waals surface area contributed by atoms with E-state index in [0.717, 1.165) is 137 Å². The van der Waals surface area contributed by atoms with Gasteiger partial charge in [0.2, 0.25) is 11.8 Å². The number of amides is 4. The second kappa shape index (κ2) is 24.8. The van der Waals surface area contributed by atoms with Crippen molar-refractivity contribution in [3.8, 4) is 11.5 Å². The molecule has 2 aromatic heterocycles. The van der Waals surface area contributed by atoms with Gasteiger partial charge in [-0.25, -0.2) is 26.5 Å². The van der Waals surface area contributed by atoms with Gasteiger partial charge in [-0.3, -0.25) is 39.2 Å². The lowest BCUT2D eigenvalue weighted by atomic mass is 9.72. The smallest absolute Gasteiger partial charge is 0.268 e. The fourth-order valence-corrected chi connectivity index (χ4v) is 15.7. The summed E-state index contributed by atoms with van der Waals surface area (Å²) in [5.74, 6) is -1.09. The third kappa shape index (κ3) is 13.6. The van der Waals surface area contributed by atoms with Crippen LogP contribution in [-0.4, -0.2) is 154 Å². The fourth-order valence-electron chi connectivity index (χ4n) is 13.6. The number of nitrogens with zero attached hydrogens (tertiary/aromatic N) is 6. The first-order valence-electron chi connectivity index (χ1n) is 30.3. The first-order valence-corrected chi connectivity index (χ1v) is 34.0. The number of benzene rings is 4. The third-order valence-electron chi connectivity index (χ3n) is 18.5. The van der Waals surface area contributed by atoms with Crippen LogP contribution in [0.3, 0.4) is 0 Å². The van der Waals surface area contributed by atoms with E-state index in [1.807, 2.05) is 30.3 Å². The lowest BCUT2D eigenvalue weighted by molar-refractivity contribution is -0.136. The summed E-state index contributed by atoms with van der Waals surface area (Å²) in [5, 5.41) is 7.21. The Labute approximate surface area is 513 Å². The van der Waals surface area contributed by atoms with Gasteiger partial charge >= 0.3 is 0 Å². The highest BCUT2D eigenvalue weighted by atomic mass is 35.5. The van der Waals surface area contributed by atoms with Crippen molar-refractivity contribution in [2.24, 2.45) is 11.3 Å². The van der Waals surface area contributed by atoms with Crippen molar-refractivity contribution in [1.29, 1.82) is 0 Å². The Morgan fingerprint density at radius 1 is 0.805 bits per heavy atom. The number of sulfonamides is 1. The van der Waals surface area contributed by atoms with Crippen molar-refractivity contribution >= 4 is 83.1 Å². The van der Waals surface area contributed by atoms with E-state index in [0.29, 0.717) is 61.3 Å². The number of anilines is 2. The zero-order valence-electron chi connectivity index (χ0n) is 49.4. The minimum absolute atomic E-state index is 0.0364. The number of aromatic nitrogens is 2. The predicted molar refractivity (Wildman–Crippen MR) is 335 cm³/mol. The number of imide groups is 1. The molecule has 87 heavy (non-hydrogen) atoms. The molecule has 4 aliphatic heterocycles. The van der Waals surface area contributed by atoms with Crippen LogP contribution in [0.15, 0.2) is 119 Å². The average Bonchev–Trinajstić information content (AvgIpc) is 3.10. The van der Waals surface area contributed by atoms with Crippen molar-refractivity contribution in [2.45, 2.75) is 107 Å². The molecule has 0 spiro atoms. The second-order valence-corrected chi connectivity index (χ2v) is 29.3. The van der Waals surface area contributed by atoms with Gasteiger partial charge < -0.3 is 24.8 Å². The van der Waals surface area contributed by atoms with Crippen LogP contribution < -0.4 is 25.0 Å². The van der Waals surface area contributed by atoms with Crippen LogP contribution in [0, 0.1) is 11.3 Å². The minimum Gasteiger partial charge on any atom is -0.455 e. The molecule has 4 aromatic carbocycles. The topological polar surface area (TPSA) is 227 Å². The van der Waals surface area contributed by atoms with E-state index < -0.39 is 37.7 Å². The quantitative estimate of drug-likeness (QED) is 0.0626. The van der Waals surface area contributed by atoms with E-state index >= 15 is 0 Å². The van der Waals surface area contributed by atoms with Crippen molar-refractivity contribution in [3.63, 3.8) is 0 Å². The summed E-state index contributed by atoms with van der Waals surface area (Å²) in [7, 11) is -8.55. The number of pyridine rings is 1. The number of H-pyrrole nitrogens is 1. The van der Waals surface area contributed by atoms with Crippen LogP contribution in [0.25, 0.3) is 16.6 Å². The summed E-state index contributed by atoms with van der Waals surface area (Å²) in [6, 6.07) is 26.5. The van der Waals surface area contributed by atoms with Crippen LogP contribution in [-0.2, 0) is 42.5 Å². The number of piperidine rings is 1. The molecule has 6 aromatic rings. The highest BCUT2D eigenvalue weighted by Crippen LogP contribution is 2.44. The van der Waals surface area contributed by atoms with Crippen molar-refractivity contribution in [3.05, 3.63) is 142 Å². The van der Waals surface area contributed by atoms with Gasteiger partial charge in [-0.15, -0.1) is 0 Å². The van der Waals surface area contributed by atoms with Gasteiger partial charge in [-0.1, -0.05) is 55.3 Å². The van der Waals surface area contributed by atoms with Crippen molar-refractivity contribution in [2.75, 3.05) is 81.9 Å². The lowest BCUT2D eigenvalue weighted by Gasteiger charge is -2.42. The Kier molecular flexibility index (Phi) is 17.1. The Hall–Kier alpha value is -7.14. The maximum absolute atomic E-state index is 14.3. The molecule has 4 N–H and O–H groups in total. The van der Waals surface area contributed by atoms with Crippen molar-refractivity contribution < 1.29 is 40.8 Å². The molecule has 1 unspecified atom stereocenters. The number of rotatable bonds is 17. The van der Waals surface area contributed by atoms with Gasteiger partial charge in [-0.05, 0) is 146 Å². The Morgan fingerprint density at radius 2 is 1.55 bits per heavy atom. The number of halogens is 1. The van der Waals surface area contributed by atoms with Gasteiger partial charge in [0.25, 0.3) is 21.8 Å². The van der Waals surface area contributed by atoms with E-state index in [2.05, 4.69) is 77.0 Å². The maximum atomic E-state index is 14.3. The van der Waals surface area contributed by atoms with Crippen molar-refractivity contribution in [1.82, 2.24) is 39.6 Å². The molecule has 6 heterocycles. The number of allylic oxidation sites excluding steroid dienone is 1. The first kappa shape index (κ1) is 60.2. The summed E-state index contributed by atoms with van der Waals surface area (Å²) in [6.07, 6.45) is 11.9. The van der Waals surface area contributed by atoms with Crippen LogP contribution in [0.2, 0.25) is 5.02 Å². The van der Waals surface area contributed by atoms with Crippen LogP contribution >= 0.6 is 11.6 Å². The number of nitrogens with one attached hydrogen (secondary N) is 4. The van der Waals surface area contributed by atoms with Crippen LogP contribution in [0.5, 0.6) is 11.5 Å². The number of hydrogen-bond donors (Lipinski definition) is 4. The molecular formula is C65H75ClN10O9S2. The predicted octanol–water partition coefficient (Wildman–Crippen LogP) is 8.87. The van der Waals surface area contributed by atoms with E-state index in [1.54, 1.807) is 35.4 Å². The zero-order valence-corrected chi connectivity index (χ0v) is 51.8. The first-order chi connectivity index (χ1) is 41.7. The Balaban J connectivity index is 0.655. The van der Waals surface area contributed by atoms with E-state index in [4.69, 9.17) is 16.3 Å². The number of carbonyl (C=O) groups is 4. The summed E-state index contributed by atoms with van der Waals surface area (Å²) in [4.78, 5) is 70.0. The number of aromatic amines is 1. The molecule has 0 bridgehead atoms. The van der Waals surface area contributed by atoms with Gasteiger partial charge in [0.15, 0.2) is 9.84 Å². The van der Waals surface area contributed by atoms with Gasteiger partial charge in [-0.2, -0.15) is 0 Å². The van der Waals surface area contributed by atoms with Crippen LogP contribution in [0.1, 0.15) is 109 Å². The molecule has 2 aliphatic carbocycles. The largest absolute Gasteiger partial charge is 0.455 e. The summed E-state index contributed by atoms with van der Waals surface area (Å²) < 4.78 is 63.6. The van der Waals surface area contributed by atoms with Gasteiger partial charge in [0, 0.05) is 131 Å². The fraction of sp³-hybridized carbons (Fsp3) is 0.431. The molecule has 1 atom stereocenters. The van der Waals surface area contributed by atoms with Crippen LogP contribution in [0.4, 0.5) is 11.4 Å². The average molecular weight is 1240 g/mol. The lowest BCUT2D eigenvalue weighted by Crippen LogP contribution is -2.52. The monoisotopic (exact) mass is 1240 g/mol. The molecule has 4 fully saturated rings.